The van der Waals surface area contributed by atoms with Gasteiger partial charge in [-0.2, -0.15) is 0 Å². The fourth-order valence-corrected chi connectivity index (χ4v) is 7.25. The van der Waals surface area contributed by atoms with Gasteiger partial charge in [0, 0.05) is 27.5 Å². The van der Waals surface area contributed by atoms with E-state index in [0.717, 1.165) is 72.1 Å². The second-order valence-electron chi connectivity index (χ2n) is 13.0. The highest BCUT2D eigenvalue weighted by molar-refractivity contribution is 6.16. The number of benzene rings is 8. The molecule has 10 rings (SSSR count). The molecule has 0 N–H and O–H groups in total. The third-order valence-corrected chi connectivity index (χ3v) is 9.84. The van der Waals surface area contributed by atoms with Crippen molar-refractivity contribution < 1.29 is 4.42 Å². The molecule has 3 nitrogen and oxygen atoms in total. The van der Waals surface area contributed by atoms with Gasteiger partial charge in [0.2, 0.25) is 0 Å². The second-order valence-corrected chi connectivity index (χ2v) is 13.0. The summed E-state index contributed by atoms with van der Waals surface area (Å²) >= 11 is 0. The van der Waals surface area contributed by atoms with Gasteiger partial charge in [-0.3, -0.25) is 0 Å². The maximum atomic E-state index is 6.64. The van der Waals surface area contributed by atoms with Crippen LogP contribution in [0.2, 0.25) is 0 Å². The van der Waals surface area contributed by atoms with Gasteiger partial charge in [-0.25, -0.2) is 9.97 Å². The third-order valence-electron chi connectivity index (χ3n) is 9.84. The lowest BCUT2D eigenvalue weighted by Gasteiger charge is -2.12. The van der Waals surface area contributed by atoms with Crippen molar-refractivity contribution in [2.45, 2.75) is 0 Å². The van der Waals surface area contributed by atoms with Crippen molar-refractivity contribution in [2.24, 2.45) is 0 Å². The van der Waals surface area contributed by atoms with Gasteiger partial charge in [0.25, 0.3) is 0 Å². The zero-order chi connectivity index (χ0) is 33.7. The number of aromatic nitrogens is 2. The molecule has 0 atom stereocenters. The molecule has 3 heteroatoms. The predicted molar refractivity (Wildman–Crippen MR) is 212 cm³/mol. The van der Waals surface area contributed by atoms with Crippen molar-refractivity contribution in [1.29, 1.82) is 0 Å². The Morgan fingerprint density at radius 3 is 1.59 bits per heavy atom. The lowest BCUT2D eigenvalue weighted by atomic mass is 9.95. The van der Waals surface area contributed by atoms with E-state index < -0.39 is 0 Å². The maximum absolute atomic E-state index is 6.64. The zero-order valence-corrected chi connectivity index (χ0v) is 27.6. The average Bonchev–Trinajstić information content (AvgIpc) is 3.57. The van der Waals surface area contributed by atoms with Crippen LogP contribution in [0.4, 0.5) is 0 Å². The van der Waals surface area contributed by atoms with Crippen molar-refractivity contribution in [2.75, 3.05) is 0 Å². The fraction of sp³-hybridized carbons (Fsp3) is 0. The van der Waals surface area contributed by atoms with Crippen LogP contribution >= 0.6 is 0 Å². The molecule has 0 spiro atoms. The molecule has 0 bridgehead atoms. The van der Waals surface area contributed by atoms with Crippen molar-refractivity contribution in [3.63, 3.8) is 0 Å². The quantitative estimate of drug-likeness (QED) is 0.186. The highest BCUT2D eigenvalue weighted by Gasteiger charge is 2.18. The molecule has 0 saturated carbocycles. The lowest BCUT2D eigenvalue weighted by molar-refractivity contribution is 0.669. The van der Waals surface area contributed by atoms with Gasteiger partial charge in [-0.15, -0.1) is 0 Å². The number of nitrogens with zero attached hydrogens (tertiary/aromatic N) is 2. The summed E-state index contributed by atoms with van der Waals surface area (Å²) in [7, 11) is 0. The first-order valence-corrected chi connectivity index (χ1v) is 17.2. The van der Waals surface area contributed by atoms with E-state index in [0.29, 0.717) is 5.82 Å². The minimum absolute atomic E-state index is 0.648. The molecule has 0 amide bonds. The highest BCUT2D eigenvalue weighted by Crippen LogP contribution is 2.41. The molecule has 2 heterocycles. The summed E-state index contributed by atoms with van der Waals surface area (Å²) in [6.07, 6.45) is 0. The summed E-state index contributed by atoms with van der Waals surface area (Å²) in [5.74, 6) is 0.648. The Morgan fingerprint density at radius 1 is 0.333 bits per heavy atom. The number of hydrogen-bond acceptors (Lipinski definition) is 3. The molecule has 238 valence electrons. The van der Waals surface area contributed by atoms with Crippen LogP contribution in [0.15, 0.2) is 186 Å². The van der Waals surface area contributed by atoms with Gasteiger partial charge in [0.05, 0.1) is 11.4 Å². The molecule has 0 radical (unpaired) electrons. The maximum Gasteiger partial charge on any atom is 0.160 e. The first-order valence-electron chi connectivity index (χ1n) is 17.2. The summed E-state index contributed by atoms with van der Waals surface area (Å²) in [5, 5.41) is 7.00. The van der Waals surface area contributed by atoms with Gasteiger partial charge in [0.15, 0.2) is 5.82 Å². The number of rotatable bonds is 5. The average molecular weight is 651 g/mol. The van der Waals surface area contributed by atoms with Crippen molar-refractivity contribution in [1.82, 2.24) is 9.97 Å². The number of fused-ring (bicyclic) bond motifs is 5. The monoisotopic (exact) mass is 650 g/mol. The summed E-state index contributed by atoms with van der Waals surface area (Å²) < 4.78 is 6.64. The molecule has 0 aliphatic heterocycles. The topological polar surface area (TPSA) is 38.9 Å². The fourth-order valence-electron chi connectivity index (χ4n) is 7.25. The molecule has 51 heavy (non-hydrogen) atoms. The Hall–Kier alpha value is -6.84. The van der Waals surface area contributed by atoms with E-state index in [1.165, 1.54) is 21.7 Å². The van der Waals surface area contributed by atoms with Crippen molar-refractivity contribution in [3.8, 4) is 56.2 Å². The SMILES string of the molecule is c1ccc(-c2cc(-c3ccc(-c4ccc5ccccc5c4)cc3)nc(-c3cc(-c4ccccc4)c4c(c3)oc3cc5ccccc5cc34)n2)cc1. The molecule has 0 saturated heterocycles. The van der Waals surface area contributed by atoms with E-state index in [1.54, 1.807) is 0 Å². The highest BCUT2D eigenvalue weighted by atomic mass is 16.3. The van der Waals surface area contributed by atoms with E-state index >= 15 is 0 Å². The molecular weight excluding hydrogens is 621 g/mol. The molecule has 0 fully saturated rings. The third kappa shape index (κ3) is 5.24. The minimum atomic E-state index is 0.648. The van der Waals surface area contributed by atoms with E-state index in [-0.39, 0.29) is 0 Å². The van der Waals surface area contributed by atoms with Gasteiger partial charge in [0.1, 0.15) is 11.2 Å². The minimum Gasteiger partial charge on any atom is -0.456 e. The Bertz CT molecular complexity index is 2890. The molecule has 2 aromatic heterocycles. The van der Waals surface area contributed by atoms with Crippen LogP contribution < -0.4 is 0 Å². The van der Waals surface area contributed by atoms with Crippen LogP contribution in [0.25, 0.3) is 99.6 Å². The van der Waals surface area contributed by atoms with Gasteiger partial charge >= 0.3 is 0 Å². The predicted octanol–water partition coefficient (Wildman–Crippen LogP) is 13.0. The first-order chi connectivity index (χ1) is 25.2. The van der Waals surface area contributed by atoms with Crippen LogP contribution in [-0.4, -0.2) is 9.97 Å². The Morgan fingerprint density at radius 2 is 0.882 bits per heavy atom. The molecule has 0 unspecified atom stereocenters. The van der Waals surface area contributed by atoms with E-state index in [2.05, 4.69) is 164 Å². The van der Waals surface area contributed by atoms with Crippen LogP contribution in [0, 0.1) is 0 Å². The van der Waals surface area contributed by atoms with Gasteiger partial charge in [-0.1, -0.05) is 146 Å². The summed E-state index contributed by atoms with van der Waals surface area (Å²) in [5.41, 5.74) is 10.9. The van der Waals surface area contributed by atoms with Crippen LogP contribution in [0.1, 0.15) is 0 Å². The van der Waals surface area contributed by atoms with Gasteiger partial charge in [-0.05, 0) is 80.2 Å². The Balaban J connectivity index is 1.15. The van der Waals surface area contributed by atoms with Crippen LogP contribution in [0.5, 0.6) is 0 Å². The largest absolute Gasteiger partial charge is 0.456 e. The summed E-state index contributed by atoms with van der Waals surface area (Å²) in [4.78, 5) is 10.4. The van der Waals surface area contributed by atoms with Crippen LogP contribution in [-0.2, 0) is 0 Å². The van der Waals surface area contributed by atoms with Crippen molar-refractivity contribution >= 4 is 43.5 Å². The molecular formula is C48H30N2O. The molecule has 10 aromatic rings. The van der Waals surface area contributed by atoms with Crippen molar-refractivity contribution in [3.05, 3.63) is 182 Å². The normalized spacial score (nSPS) is 11.5. The second kappa shape index (κ2) is 11.9. The Labute approximate surface area is 295 Å². The van der Waals surface area contributed by atoms with E-state index in [4.69, 9.17) is 14.4 Å². The molecule has 0 aliphatic rings. The Kier molecular flexibility index (Phi) is 6.81. The van der Waals surface area contributed by atoms with E-state index in [1.807, 2.05) is 18.2 Å². The van der Waals surface area contributed by atoms with Crippen LogP contribution in [0.3, 0.4) is 0 Å². The van der Waals surface area contributed by atoms with E-state index in [9.17, 15) is 0 Å². The number of furan rings is 1. The van der Waals surface area contributed by atoms with Gasteiger partial charge < -0.3 is 4.42 Å². The lowest BCUT2D eigenvalue weighted by Crippen LogP contribution is -1.96. The standard InChI is InChI=1S/C48H30N2O/c1-3-12-33(13-4-1)41-27-40(29-46-47(41)42-26-37-17-9-10-18-38(37)28-45(42)51-46)48-49-43(34-14-5-2-6-15-34)30-44(50-48)35-22-19-32(20-23-35)39-24-21-31-11-7-8-16-36(31)25-39/h1-30H. The molecule has 8 aromatic carbocycles. The number of hydrogen-bond donors (Lipinski definition) is 0. The summed E-state index contributed by atoms with van der Waals surface area (Å²) in [6, 6.07) is 63.9. The zero-order valence-electron chi connectivity index (χ0n) is 27.6. The first kappa shape index (κ1) is 29.1. The smallest absolute Gasteiger partial charge is 0.160 e. The summed E-state index contributed by atoms with van der Waals surface area (Å²) in [6.45, 7) is 0. The molecule has 0 aliphatic carbocycles.